The van der Waals surface area contributed by atoms with Crippen LogP contribution in [0.4, 0.5) is 14.6 Å². The molecule has 0 fully saturated rings. The van der Waals surface area contributed by atoms with Crippen LogP contribution in [0, 0.1) is 17.6 Å². The van der Waals surface area contributed by atoms with Crippen LogP contribution >= 0.6 is 0 Å². The number of nitrogens with one attached hydrogen (secondary N) is 1. The Hall–Kier alpha value is -1.23. The minimum atomic E-state index is -0.685. The van der Waals surface area contributed by atoms with E-state index >= 15 is 0 Å². The van der Waals surface area contributed by atoms with Crippen LogP contribution in [0.2, 0.25) is 0 Å². The van der Waals surface area contributed by atoms with Crippen molar-refractivity contribution in [2.75, 3.05) is 18.5 Å². The molecule has 0 aliphatic carbocycles. The van der Waals surface area contributed by atoms with Gasteiger partial charge in [-0.25, -0.2) is 13.8 Å². The van der Waals surface area contributed by atoms with Crippen LogP contribution in [-0.2, 0) is 0 Å². The van der Waals surface area contributed by atoms with Crippen molar-refractivity contribution in [1.82, 2.24) is 4.98 Å². The summed E-state index contributed by atoms with van der Waals surface area (Å²) in [5, 5.41) is 11.6. The first kappa shape index (κ1) is 12.8. The Morgan fingerprint density at radius 3 is 2.88 bits per heavy atom. The highest BCUT2D eigenvalue weighted by Gasteiger charge is 2.05. The van der Waals surface area contributed by atoms with Gasteiger partial charge in [0.05, 0.1) is 6.20 Å². The van der Waals surface area contributed by atoms with Crippen molar-refractivity contribution in [2.45, 2.75) is 19.8 Å². The first-order valence-electron chi connectivity index (χ1n) is 5.29. The third kappa shape index (κ3) is 4.10. The Kier molecular flexibility index (Phi) is 5.11. The Labute approximate surface area is 93.5 Å². The fraction of sp³-hybridized carbons (Fsp3) is 0.545. The molecule has 0 aromatic carbocycles. The molecule has 90 valence electrons. The largest absolute Gasteiger partial charge is 0.396 e. The van der Waals surface area contributed by atoms with Crippen LogP contribution in [0.5, 0.6) is 0 Å². The van der Waals surface area contributed by atoms with E-state index in [0.717, 1.165) is 25.1 Å². The molecule has 1 unspecified atom stereocenters. The van der Waals surface area contributed by atoms with Crippen molar-refractivity contribution >= 4 is 5.82 Å². The summed E-state index contributed by atoms with van der Waals surface area (Å²) in [5.41, 5.74) is 0. The summed E-state index contributed by atoms with van der Waals surface area (Å²) >= 11 is 0. The number of nitrogens with zero attached hydrogens (tertiary/aromatic N) is 1. The predicted octanol–water partition coefficient (Wildman–Crippen LogP) is 2.18. The molecular weight excluding hydrogens is 214 g/mol. The first-order valence-corrected chi connectivity index (χ1v) is 5.29. The fourth-order valence-electron chi connectivity index (χ4n) is 1.29. The number of pyridine rings is 1. The van der Waals surface area contributed by atoms with Gasteiger partial charge < -0.3 is 10.4 Å². The van der Waals surface area contributed by atoms with Gasteiger partial charge in [-0.2, -0.15) is 0 Å². The van der Waals surface area contributed by atoms with Crippen LogP contribution in [-0.4, -0.2) is 23.2 Å². The summed E-state index contributed by atoms with van der Waals surface area (Å²) in [6.07, 6.45) is 2.63. The topological polar surface area (TPSA) is 45.1 Å². The van der Waals surface area contributed by atoms with Gasteiger partial charge in [-0.1, -0.05) is 6.92 Å². The second kappa shape index (κ2) is 6.37. The molecule has 5 heteroatoms. The summed E-state index contributed by atoms with van der Waals surface area (Å²) < 4.78 is 25.6. The van der Waals surface area contributed by atoms with E-state index in [0.29, 0.717) is 6.54 Å². The molecule has 0 spiro atoms. The average Bonchev–Trinajstić information content (AvgIpc) is 2.26. The lowest BCUT2D eigenvalue weighted by Crippen LogP contribution is -2.08. The number of halogens is 2. The maximum Gasteiger partial charge on any atom is 0.168 e. The van der Waals surface area contributed by atoms with Gasteiger partial charge in [0.15, 0.2) is 11.6 Å². The normalized spacial score (nSPS) is 12.5. The number of aliphatic hydroxyl groups excluding tert-OH is 1. The molecule has 1 atom stereocenters. The van der Waals surface area contributed by atoms with Crippen molar-refractivity contribution in [1.29, 1.82) is 0 Å². The van der Waals surface area contributed by atoms with E-state index < -0.39 is 11.6 Å². The van der Waals surface area contributed by atoms with Gasteiger partial charge in [0, 0.05) is 19.2 Å². The van der Waals surface area contributed by atoms with Gasteiger partial charge in [0.25, 0.3) is 0 Å². The lowest BCUT2D eigenvalue weighted by molar-refractivity contribution is 0.229. The maximum absolute atomic E-state index is 13.1. The molecule has 1 aromatic rings. The van der Waals surface area contributed by atoms with Crippen molar-refractivity contribution < 1.29 is 13.9 Å². The van der Waals surface area contributed by atoms with Gasteiger partial charge in [0.1, 0.15) is 5.82 Å². The molecule has 0 aliphatic heterocycles. The van der Waals surface area contributed by atoms with Gasteiger partial charge in [-0.15, -0.1) is 0 Å². The number of hydrogen-bond donors (Lipinski definition) is 2. The van der Waals surface area contributed by atoms with Gasteiger partial charge in [-0.05, 0) is 18.8 Å². The average molecular weight is 230 g/mol. The summed E-state index contributed by atoms with van der Waals surface area (Å²) in [6.45, 7) is 2.65. The number of hydrogen-bond acceptors (Lipinski definition) is 3. The Morgan fingerprint density at radius 1 is 1.50 bits per heavy atom. The second-order valence-electron chi connectivity index (χ2n) is 3.84. The monoisotopic (exact) mass is 230 g/mol. The summed E-state index contributed by atoms with van der Waals surface area (Å²) in [6, 6.07) is 0.797. The minimum Gasteiger partial charge on any atom is -0.396 e. The van der Waals surface area contributed by atoms with E-state index in [4.69, 9.17) is 5.11 Å². The highest BCUT2D eigenvalue weighted by atomic mass is 19.1. The lowest BCUT2D eigenvalue weighted by Gasteiger charge is -2.09. The van der Waals surface area contributed by atoms with Gasteiger partial charge in [-0.3, -0.25) is 0 Å². The van der Waals surface area contributed by atoms with Crippen molar-refractivity contribution in [3.63, 3.8) is 0 Å². The van der Waals surface area contributed by atoms with E-state index in [1.165, 1.54) is 0 Å². The summed E-state index contributed by atoms with van der Waals surface area (Å²) in [5.74, 6) is -1.06. The highest BCUT2D eigenvalue weighted by molar-refractivity contribution is 5.35. The third-order valence-electron chi connectivity index (χ3n) is 2.29. The molecular formula is C11H16F2N2O. The Bertz CT molecular complexity index is 334. The third-order valence-corrected chi connectivity index (χ3v) is 2.29. The highest BCUT2D eigenvalue weighted by Crippen LogP contribution is 2.11. The maximum atomic E-state index is 13.1. The molecule has 0 radical (unpaired) electrons. The van der Waals surface area contributed by atoms with Crippen molar-refractivity contribution in [3.05, 3.63) is 23.9 Å². The predicted molar refractivity (Wildman–Crippen MR) is 58.1 cm³/mol. The minimum absolute atomic E-state index is 0.0676. The molecule has 16 heavy (non-hydrogen) atoms. The zero-order valence-electron chi connectivity index (χ0n) is 9.21. The summed E-state index contributed by atoms with van der Waals surface area (Å²) in [7, 11) is 0. The van der Waals surface area contributed by atoms with E-state index in [1.807, 2.05) is 6.92 Å². The van der Waals surface area contributed by atoms with Gasteiger partial charge in [0.2, 0.25) is 0 Å². The van der Waals surface area contributed by atoms with Crippen LogP contribution in [0.3, 0.4) is 0 Å². The van der Waals surface area contributed by atoms with Gasteiger partial charge >= 0.3 is 0 Å². The van der Waals surface area contributed by atoms with E-state index in [1.54, 1.807) is 0 Å². The number of anilines is 1. The smallest absolute Gasteiger partial charge is 0.168 e. The second-order valence-corrected chi connectivity index (χ2v) is 3.84. The Balaban J connectivity index is 2.32. The van der Waals surface area contributed by atoms with E-state index in [2.05, 4.69) is 10.3 Å². The quantitative estimate of drug-likeness (QED) is 0.736. The molecule has 1 heterocycles. The molecule has 0 amide bonds. The van der Waals surface area contributed by atoms with Crippen molar-refractivity contribution in [2.24, 2.45) is 5.92 Å². The molecule has 0 aliphatic rings. The zero-order valence-corrected chi connectivity index (χ0v) is 9.21. The van der Waals surface area contributed by atoms with Crippen LogP contribution in [0.15, 0.2) is 12.3 Å². The van der Waals surface area contributed by atoms with Crippen LogP contribution < -0.4 is 5.32 Å². The lowest BCUT2D eigenvalue weighted by atomic mass is 10.1. The molecule has 0 saturated heterocycles. The van der Waals surface area contributed by atoms with Crippen LogP contribution in [0.25, 0.3) is 0 Å². The first-order chi connectivity index (χ1) is 7.63. The molecule has 3 nitrogen and oxygen atoms in total. The number of rotatable bonds is 6. The molecule has 1 aromatic heterocycles. The van der Waals surface area contributed by atoms with E-state index in [9.17, 15) is 8.78 Å². The number of aromatic nitrogens is 1. The van der Waals surface area contributed by atoms with Crippen LogP contribution in [0.1, 0.15) is 19.8 Å². The molecule has 0 saturated carbocycles. The van der Waals surface area contributed by atoms with Crippen molar-refractivity contribution in [3.8, 4) is 0 Å². The fourth-order valence-corrected chi connectivity index (χ4v) is 1.29. The molecule has 1 rings (SSSR count). The standard InChI is InChI=1S/C11H16F2N2O/c1-8(7-16)3-2-4-14-11-10(13)5-9(12)6-15-11/h5-6,8,16H,2-4,7H2,1H3,(H,14,15). The Morgan fingerprint density at radius 2 is 2.25 bits per heavy atom. The molecule has 2 N–H and O–H groups in total. The summed E-state index contributed by atoms with van der Waals surface area (Å²) in [4.78, 5) is 3.60. The molecule has 0 bridgehead atoms. The zero-order chi connectivity index (χ0) is 12.0. The van der Waals surface area contributed by atoms with E-state index in [-0.39, 0.29) is 18.3 Å². The number of aliphatic hydroxyl groups is 1. The SMILES string of the molecule is CC(CO)CCCNc1ncc(F)cc1F.